The van der Waals surface area contributed by atoms with Gasteiger partial charge in [0.25, 0.3) is 0 Å². The Morgan fingerprint density at radius 2 is 2.00 bits per heavy atom. The van der Waals surface area contributed by atoms with Crippen LogP contribution in [0, 0.1) is 0 Å². The summed E-state index contributed by atoms with van der Waals surface area (Å²) in [5.74, 6) is 0. The van der Waals surface area contributed by atoms with Gasteiger partial charge in [-0.15, -0.1) is 0 Å². The summed E-state index contributed by atoms with van der Waals surface area (Å²) in [7, 11) is 2.17. The standard InChI is InChI=1S/C13H21N3O/c1-14-7-9-15(10-8-14)16-6-5-11-12(16)3-2-4-13(11)17/h5-6,13,17H,2-4,7-10H2,1H3. The largest absolute Gasteiger partial charge is 0.388 e. The van der Waals surface area contributed by atoms with Crippen LogP contribution in [0.25, 0.3) is 0 Å². The summed E-state index contributed by atoms with van der Waals surface area (Å²) in [5.41, 5.74) is 2.48. The number of aliphatic hydroxyl groups is 1. The summed E-state index contributed by atoms with van der Waals surface area (Å²) in [6.45, 7) is 4.40. The van der Waals surface area contributed by atoms with Gasteiger partial charge >= 0.3 is 0 Å². The first kappa shape index (κ1) is 11.1. The average Bonchev–Trinajstić information content (AvgIpc) is 2.75. The van der Waals surface area contributed by atoms with E-state index in [0.29, 0.717) is 0 Å². The molecule has 1 fully saturated rings. The maximum absolute atomic E-state index is 9.98. The second kappa shape index (κ2) is 4.35. The number of aromatic nitrogens is 1. The van der Waals surface area contributed by atoms with Crippen molar-refractivity contribution in [2.75, 3.05) is 38.2 Å². The van der Waals surface area contributed by atoms with Gasteiger partial charge in [0.1, 0.15) is 0 Å². The molecule has 0 spiro atoms. The monoisotopic (exact) mass is 235 g/mol. The molecule has 1 aromatic rings. The number of likely N-dealkylation sites (N-methyl/N-ethyl adjacent to an activating group) is 1. The van der Waals surface area contributed by atoms with Gasteiger partial charge in [0.05, 0.1) is 6.10 Å². The average molecular weight is 235 g/mol. The molecule has 0 radical (unpaired) electrons. The van der Waals surface area contributed by atoms with E-state index >= 15 is 0 Å². The minimum absolute atomic E-state index is 0.243. The molecule has 1 unspecified atom stereocenters. The summed E-state index contributed by atoms with van der Waals surface area (Å²) >= 11 is 0. The van der Waals surface area contributed by atoms with Crippen molar-refractivity contribution in [2.24, 2.45) is 0 Å². The van der Waals surface area contributed by atoms with E-state index in [0.717, 1.165) is 51.0 Å². The first-order chi connectivity index (χ1) is 8.25. The molecular weight excluding hydrogens is 214 g/mol. The fourth-order valence-corrected chi connectivity index (χ4v) is 2.93. The molecule has 4 heteroatoms. The number of hydrogen-bond acceptors (Lipinski definition) is 3. The summed E-state index contributed by atoms with van der Waals surface area (Å²) in [6.07, 6.45) is 5.01. The Kier molecular flexibility index (Phi) is 2.84. The molecule has 1 atom stereocenters. The third-order valence-corrected chi connectivity index (χ3v) is 4.04. The Hall–Kier alpha value is -1.00. The highest BCUT2D eigenvalue weighted by Gasteiger charge is 2.24. The van der Waals surface area contributed by atoms with Crippen LogP contribution in [0.15, 0.2) is 12.3 Å². The van der Waals surface area contributed by atoms with Crippen LogP contribution in [-0.2, 0) is 6.42 Å². The zero-order valence-corrected chi connectivity index (χ0v) is 10.5. The molecule has 1 N–H and O–H groups in total. The van der Waals surface area contributed by atoms with E-state index in [2.05, 4.69) is 33.9 Å². The van der Waals surface area contributed by atoms with E-state index in [4.69, 9.17) is 0 Å². The SMILES string of the molecule is CN1CCN(n2ccc3c2CCCC3O)CC1. The third-order valence-electron chi connectivity index (χ3n) is 4.04. The molecular formula is C13H21N3O. The normalized spacial score (nSPS) is 26.0. The van der Waals surface area contributed by atoms with Crippen LogP contribution in [0.5, 0.6) is 0 Å². The predicted molar refractivity (Wildman–Crippen MR) is 67.8 cm³/mol. The van der Waals surface area contributed by atoms with E-state index in [9.17, 15) is 5.11 Å². The second-order valence-electron chi connectivity index (χ2n) is 5.23. The highest BCUT2D eigenvalue weighted by molar-refractivity contribution is 5.28. The Morgan fingerprint density at radius 3 is 2.76 bits per heavy atom. The van der Waals surface area contributed by atoms with Crippen LogP contribution >= 0.6 is 0 Å². The van der Waals surface area contributed by atoms with Gasteiger partial charge in [0.15, 0.2) is 0 Å². The summed E-state index contributed by atoms with van der Waals surface area (Å²) < 4.78 is 2.28. The van der Waals surface area contributed by atoms with E-state index in [1.807, 2.05) is 0 Å². The molecule has 2 heterocycles. The Bertz CT molecular complexity index is 393. The lowest BCUT2D eigenvalue weighted by molar-refractivity contribution is 0.155. The molecule has 2 aliphatic rings. The van der Waals surface area contributed by atoms with Crippen LogP contribution in [0.4, 0.5) is 0 Å². The predicted octanol–water partition coefficient (Wildman–Crippen LogP) is 0.741. The van der Waals surface area contributed by atoms with Crippen molar-refractivity contribution in [3.8, 4) is 0 Å². The third kappa shape index (κ3) is 1.96. The molecule has 4 nitrogen and oxygen atoms in total. The zero-order valence-electron chi connectivity index (χ0n) is 10.5. The molecule has 0 amide bonds. The van der Waals surface area contributed by atoms with Crippen LogP contribution in [0.2, 0.25) is 0 Å². The maximum atomic E-state index is 9.98. The van der Waals surface area contributed by atoms with Crippen molar-refractivity contribution in [1.29, 1.82) is 0 Å². The molecule has 3 rings (SSSR count). The van der Waals surface area contributed by atoms with Gasteiger partial charge in [-0.05, 0) is 32.4 Å². The van der Waals surface area contributed by atoms with Crippen molar-refractivity contribution in [3.05, 3.63) is 23.5 Å². The number of nitrogens with zero attached hydrogens (tertiary/aromatic N) is 3. The minimum Gasteiger partial charge on any atom is -0.388 e. The zero-order chi connectivity index (χ0) is 11.8. The van der Waals surface area contributed by atoms with Gasteiger partial charge in [-0.25, -0.2) is 0 Å². The number of hydrogen-bond donors (Lipinski definition) is 1. The van der Waals surface area contributed by atoms with Crippen molar-refractivity contribution in [2.45, 2.75) is 25.4 Å². The smallest absolute Gasteiger partial charge is 0.0808 e. The highest BCUT2D eigenvalue weighted by Crippen LogP contribution is 2.30. The number of fused-ring (bicyclic) bond motifs is 1. The van der Waals surface area contributed by atoms with E-state index in [-0.39, 0.29) is 6.10 Å². The van der Waals surface area contributed by atoms with Crippen LogP contribution in [-0.4, -0.2) is 47.9 Å². The van der Waals surface area contributed by atoms with Crippen molar-refractivity contribution < 1.29 is 5.11 Å². The summed E-state index contributed by atoms with van der Waals surface area (Å²) in [4.78, 5) is 2.36. The molecule has 1 aromatic heterocycles. The number of piperazine rings is 1. The highest BCUT2D eigenvalue weighted by atomic mass is 16.3. The number of aliphatic hydroxyl groups excluding tert-OH is 1. The molecule has 17 heavy (non-hydrogen) atoms. The van der Waals surface area contributed by atoms with Gasteiger partial charge < -0.3 is 15.0 Å². The molecule has 0 bridgehead atoms. The van der Waals surface area contributed by atoms with E-state index < -0.39 is 0 Å². The van der Waals surface area contributed by atoms with Crippen LogP contribution in [0.1, 0.15) is 30.2 Å². The first-order valence-electron chi connectivity index (χ1n) is 6.57. The molecule has 1 aliphatic heterocycles. The topological polar surface area (TPSA) is 31.6 Å². The molecule has 1 saturated heterocycles. The summed E-state index contributed by atoms with van der Waals surface area (Å²) in [5, 5.41) is 12.4. The lowest BCUT2D eigenvalue weighted by atomic mass is 9.95. The fourth-order valence-electron chi connectivity index (χ4n) is 2.93. The van der Waals surface area contributed by atoms with Gasteiger partial charge in [-0.3, -0.25) is 4.68 Å². The molecule has 0 saturated carbocycles. The van der Waals surface area contributed by atoms with Crippen LogP contribution < -0.4 is 5.01 Å². The van der Waals surface area contributed by atoms with Gasteiger partial charge in [-0.2, -0.15) is 0 Å². The Labute approximate surface area is 102 Å². The molecule has 0 aromatic carbocycles. The quantitative estimate of drug-likeness (QED) is 0.779. The number of rotatable bonds is 1. The maximum Gasteiger partial charge on any atom is 0.0808 e. The van der Waals surface area contributed by atoms with Gasteiger partial charge in [0.2, 0.25) is 0 Å². The van der Waals surface area contributed by atoms with Gasteiger partial charge in [0, 0.05) is 43.6 Å². The van der Waals surface area contributed by atoms with Crippen molar-refractivity contribution in [1.82, 2.24) is 9.58 Å². The van der Waals surface area contributed by atoms with Crippen LogP contribution in [0.3, 0.4) is 0 Å². The Balaban J connectivity index is 1.84. The van der Waals surface area contributed by atoms with Gasteiger partial charge in [-0.1, -0.05) is 0 Å². The fraction of sp³-hybridized carbons (Fsp3) is 0.692. The van der Waals surface area contributed by atoms with Crippen molar-refractivity contribution >= 4 is 0 Å². The molecule has 94 valence electrons. The molecule has 1 aliphatic carbocycles. The van der Waals surface area contributed by atoms with E-state index in [1.54, 1.807) is 0 Å². The second-order valence-corrected chi connectivity index (χ2v) is 5.23. The lowest BCUT2D eigenvalue weighted by Crippen LogP contribution is -2.50. The summed E-state index contributed by atoms with van der Waals surface area (Å²) in [6, 6.07) is 2.09. The first-order valence-corrected chi connectivity index (χ1v) is 6.57. The Morgan fingerprint density at radius 1 is 1.24 bits per heavy atom. The minimum atomic E-state index is -0.243. The van der Waals surface area contributed by atoms with E-state index in [1.165, 1.54) is 5.69 Å². The lowest BCUT2D eigenvalue weighted by Gasteiger charge is -2.36. The van der Waals surface area contributed by atoms with Crippen molar-refractivity contribution in [3.63, 3.8) is 0 Å².